The van der Waals surface area contributed by atoms with Crippen molar-refractivity contribution in [3.05, 3.63) is 83.9 Å². The van der Waals surface area contributed by atoms with Crippen LogP contribution in [-0.4, -0.2) is 39.2 Å². The maximum atomic E-state index is 13.5. The van der Waals surface area contributed by atoms with Gasteiger partial charge in [-0.25, -0.2) is 13.8 Å². The van der Waals surface area contributed by atoms with E-state index in [-0.39, 0.29) is 29.2 Å². The van der Waals surface area contributed by atoms with Crippen LogP contribution >= 0.6 is 11.8 Å². The Bertz CT molecular complexity index is 1430. The van der Waals surface area contributed by atoms with Crippen LogP contribution in [0.4, 0.5) is 14.5 Å². The molecule has 0 radical (unpaired) electrons. The number of hydrogen-bond acceptors (Lipinski definition) is 7. The van der Waals surface area contributed by atoms with Crippen LogP contribution in [0.1, 0.15) is 10.4 Å². The van der Waals surface area contributed by atoms with Crippen LogP contribution in [0.2, 0.25) is 0 Å². The molecular formula is C25H16F2N4O3S. The minimum atomic E-state index is -0.397. The summed E-state index contributed by atoms with van der Waals surface area (Å²) in [5, 5.41) is 11.3. The summed E-state index contributed by atoms with van der Waals surface area (Å²) in [5.74, 6) is -0.754. The Morgan fingerprint density at radius 1 is 0.914 bits per heavy atom. The molecule has 1 amide bonds. The van der Waals surface area contributed by atoms with Crippen molar-refractivity contribution in [3.8, 4) is 28.3 Å². The van der Waals surface area contributed by atoms with Gasteiger partial charge in [0.05, 0.1) is 11.4 Å². The van der Waals surface area contributed by atoms with Gasteiger partial charge in [0.25, 0.3) is 5.91 Å². The number of benzene rings is 3. The van der Waals surface area contributed by atoms with Crippen molar-refractivity contribution in [2.75, 3.05) is 17.7 Å². The number of amides is 1. The molecular weight excluding hydrogens is 474 g/mol. The molecule has 10 heteroatoms. The van der Waals surface area contributed by atoms with Crippen molar-refractivity contribution in [1.29, 1.82) is 0 Å². The molecule has 0 aliphatic carbocycles. The third-order valence-corrected chi connectivity index (χ3v) is 6.01. The highest BCUT2D eigenvalue weighted by Crippen LogP contribution is 2.31. The Morgan fingerprint density at radius 2 is 1.57 bits per heavy atom. The zero-order valence-electron chi connectivity index (χ0n) is 18.0. The lowest BCUT2D eigenvalue weighted by molar-refractivity contribution is -0.118. The lowest BCUT2D eigenvalue weighted by Gasteiger charge is -2.18. The molecule has 0 fully saturated rings. The number of ether oxygens (including phenoxy) is 1. The molecule has 0 unspecified atom stereocenters. The molecule has 5 rings (SSSR count). The Balaban J connectivity index is 1.40. The molecule has 0 spiro atoms. The molecule has 174 valence electrons. The van der Waals surface area contributed by atoms with Gasteiger partial charge in [0.1, 0.15) is 28.8 Å². The number of carbonyl (C=O) groups is 2. The summed E-state index contributed by atoms with van der Waals surface area (Å²) in [7, 11) is 0. The van der Waals surface area contributed by atoms with E-state index in [2.05, 4.69) is 20.5 Å². The zero-order valence-corrected chi connectivity index (χ0v) is 18.8. The third-order valence-electron chi connectivity index (χ3n) is 5.17. The molecule has 0 bridgehead atoms. The van der Waals surface area contributed by atoms with Gasteiger partial charge in [0, 0.05) is 16.7 Å². The molecule has 1 aliphatic rings. The third kappa shape index (κ3) is 5.02. The number of nitrogens with one attached hydrogen (secondary N) is 1. The highest BCUT2D eigenvalue weighted by atomic mass is 32.2. The quantitative estimate of drug-likeness (QED) is 0.307. The van der Waals surface area contributed by atoms with Gasteiger partial charge in [0.2, 0.25) is 5.16 Å². The van der Waals surface area contributed by atoms with Crippen molar-refractivity contribution in [2.45, 2.75) is 5.16 Å². The zero-order chi connectivity index (χ0) is 24.4. The number of nitrogens with zero attached hydrogens (tertiary/aromatic N) is 3. The van der Waals surface area contributed by atoms with Crippen LogP contribution in [0.3, 0.4) is 0 Å². The van der Waals surface area contributed by atoms with E-state index in [4.69, 9.17) is 4.74 Å². The first kappa shape index (κ1) is 22.6. The van der Waals surface area contributed by atoms with Crippen molar-refractivity contribution >= 4 is 29.1 Å². The predicted octanol–water partition coefficient (Wildman–Crippen LogP) is 4.79. The minimum absolute atomic E-state index is 0.0218. The summed E-state index contributed by atoms with van der Waals surface area (Å²) < 4.78 is 32.2. The van der Waals surface area contributed by atoms with Gasteiger partial charge < -0.3 is 10.1 Å². The molecule has 1 N–H and O–H groups in total. The van der Waals surface area contributed by atoms with Crippen molar-refractivity contribution in [2.24, 2.45) is 0 Å². The molecule has 4 aromatic rings. The van der Waals surface area contributed by atoms with Gasteiger partial charge >= 0.3 is 0 Å². The number of hydrogen-bond donors (Lipinski definition) is 1. The Kier molecular flexibility index (Phi) is 6.19. The number of carbonyl (C=O) groups excluding carboxylic acids is 2. The highest BCUT2D eigenvalue weighted by Gasteiger charge is 2.19. The monoisotopic (exact) mass is 490 g/mol. The second-order valence-electron chi connectivity index (χ2n) is 7.57. The van der Waals surface area contributed by atoms with Gasteiger partial charge in [-0.3, -0.25) is 9.59 Å². The lowest BCUT2D eigenvalue weighted by atomic mass is 10.0. The number of rotatable bonds is 6. The molecule has 3 aromatic carbocycles. The first-order valence-electron chi connectivity index (χ1n) is 10.5. The van der Waals surface area contributed by atoms with Gasteiger partial charge in [0.15, 0.2) is 12.4 Å². The normalized spacial score (nSPS) is 12.5. The van der Waals surface area contributed by atoms with E-state index < -0.39 is 11.6 Å². The van der Waals surface area contributed by atoms with E-state index >= 15 is 0 Å². The van der Waals surface area contributed by atoms with Crippen LogP contribution in [0, 0.1) is 11.6 Å². The maximum absolute atomic E-state index is 13.5. The fourth-order valence-electron chi connectivity index (χ4n) is 3.45. The number of aromatic nitrogens is 3. The second kappa shape index (κ2) is 9.59. The smallest absolute Gasteiger partial charge is 0.262 e. The van der Waals surface area contributed by atoms with Crippen molar-refractivity contribution in [3.63, 3.8) is 0 Å². The molecule has 1 aliphatic heterocycles. The standard InChI is InChI=1S/C25H16F2N4O3S/c26-17-6-1-14(2-7-17)23-24(15-3-8-18(27)9-4-15)30-31-25(29-23)35-13-20(32)16-5-10-21-19(11-16)28-22(33)12-34-21/h1-11H,12-13H2,(H,28,33). The van der Waals surface area contributed by atoms with Gasteiger partial charge in [-0.1, -0.05) is 11.8 Å². The molecule has 35 heavy (non-hydrogen) atoms. The number of fused-ring (bicyclic) bond motifs is 1. The summed E-state index contributed by atoms with van der Waals surface area (Å²) in [4.78, 5) is 28.9. The molecule has 1 aromatic heterocycles. The topological polar surface area (TPSA) is 94.1 Å². The van der Waals surface area contributed by atoms with E-state index in [1.807, 2.05) is 0 Å². The van der Waals surface area contributed by atoms with Crippen LogP contribution in [0.25, 0.3) is 22.5 Å². The number of thioether (sulfide) groups is 1. The average Bonchev–Trinajstić information content (AvgIpc) is 2.87. The van der Waals surface area contributed by atoms with Gasteiger partial charge in [-0.15, -0.1) is 10.2 Å². The molecule has 0 atom stereocenters. The lowest BCUT2D eigenvalue weighted by Crippen LogP contribution is -2.25. The predicted molar refractivity (Wildman–Crippen MR) is 126 cm³/mol. The summed E-state index contributed by atoms with van der Waals surface area (Å²) in [6.07, 6.45) is 0. The number of halogens is 2. The SMILES string of the molecule is O=C1COc2ccc(C(=O)CSc3nnc(-c4ccc(F)cc4)c(-c4ccc(F)cc4)n3)cc2N1. The first-order valence-corrected chi connectivity index (χ1v) is 11.4. The Morgan fingerprint density at radius 3 is 2.26 bits per heavy atom. The van der Waals surface area contributed by atoms with Crippen LogP contribution in [-0.2, 0) is 4.79 Å². The van der Waals surface area contributed by atoms with Crippen LogP contribution in [0.15, 0.2) is 71.9 Å². The fraction of sp³-hybridized carbons (Fsp3) is 0.0800. The number of anilines is 1. The van der Waals surface area contributed by atoms with E-state index in [0.29, 0.717) is 39.5 Å². The van der Waals surface area contributed by atoms with Gasteiger partial charge in [-0.2, -0.15) is 0 Å². The molecule has 2 heterocycles. The van der Waals surface area contributed by atoms with Crippen LogP contribution in [0.5, 0.6) is 5.75 Å². The van der Waals surface area contributed by atoms with E-state index in [1.54, 1.807) is 42.5 Å². The van der Waals surface area contributed by atoms with Crippen molar-refractivity contribution in [1.82, 2.24) is 15.2 Å². The van der Waals surface area contributed by atoms with Crippen molar-refractivity contribution < 1.29 is 23.1 Å². The first-order chi connectivity index (χ1) is 17.0. The Hall–Kier alpha value is -4.18. The fourth-order valence-corrected chi connectivity index (χ4v) is 4.13. The summed E-state index contributed by atoms with van der Waals surface area (Å²) in [6.45, 7) is -0.0647. The number of ketones is 1. The molecule has 0 saturated heterocycles. The molecule has 0 saturated carbocycles. The van der Waals surface area contributed by atoms with E-state index in [9.17, 15) is 18.4 Å². The minimum Gasteiger partial charge on any atom is -0.482 e. The second-order valence-corrected chi connectivity index (χ2v) is 8.51. The van der Waals surface area contributed by atoms with E-state index in [1.165, 1.54) is 24.3 Å². The molecule has 7 nitrogen and oxygen atoms in total. The van der Waals surface area contributed by atoms with E-state index in [0.717, 1.165) is 11.8 Å². The Labute approximate surface area is 202 Å². The van der Waals surface area contributed by atoms with Crippen LogP contribution < -0.4 is 10.1 Å². The summed E-state index contributed by atoms with van der Waals surface area (Å²) in [6, 6.07) is 16.3. The largest absolute Gasteiger partial charge is 0.482 e. The average molecular weight is 490 g/mol. The number of Topliss-reactive ketones (excluding diaryl/α,β-unsaturated/α-hetero) is 1. The summed E-state index contributed by atoms with van der Waals surface area (Å²) >= 11 is 1.09. The van der Waals surface area contributed by atoms with Gasteiger partial charge in [-0.05, 0) is 66.7 Å². The summed E-state index contributed by atoms with van der Waals surface area (Å²) in [5.41, 5.74) is 2.86. The maximum Gasteiger partial charge on any atom is 0.262 e. The highest BCUT2D eigenvalue weighted by molar-refractivity contribution is 7.99.